The van der Waals surface area contributed by atoms with Crippen molar-refractivity contribution in [3.63, 3.8) is 0 Å². The van der Waals surface area contributed by atoms with E-state index >= 15 is 0 Å². The van der Waals surface area contributed by atoms with Crippen LogP contribution in [0.15, 0.2) is 35.7 Å². The first-order chi connectivity index (χ1) is 10.3. The van der Waals surface area contributed by atoms with Crippen molar-refractivity contribution in [2.45, 2.75) is 26.6 Å². The van der Waals surface area contributed by atoms with E-state index in [1.807, 2.05) is 36.6 Å². The van der Waals surface area contributed by atoms with Crippen molar-refractivity contribution in [1.29, 1.82) is 0 Å². The van der Waals surface area contributed by atoms with Crippen molar-refractivity contribution in [1.82, 2.24) is 0 Å². The maximum Gasteiger partial charge on any atom is 0.129 e. The third kappa shape index (κ3) is 4.30. The van der Waals surface area contributed by atoms with Crippen molar-refractivity contribution in [2.24, 2.45) is 0 Å². The van der Waals surface area contributed by atoms with Gasteiger partial charge in [0.15, 0.2) is 0 Å². The van der Waals surface area contributed by atoms with Crippen molar-refractivity contribution < 1.29 is 8.76 Å². The largest absolute Gasteiger partial charge is 0.755 e. The second-order valence-corrected chi connectivity index (χ2v) is 12.4. The highest BCUT2D eigenvalue weighted by Crippen LogP contribution is 2.32. The van der Waals surface area contributed by atoms with Gasteiger partial charge in [0.25, 0.3) is 0 Å². The number of anilines is 2. The number of thiophene rings is 1. The Morgan fingerprint density at radius 2 is 1.95 bits per heavy atom. The molecule has 1 aromatic carbocycles. The molecule has 0 saturated heterocycles. The predicted octanol–water partition coefficient (Wildman–Crippen LogP) is 4.22. The van der Waals surface area contributed by atoms with Gasteiger partial charge in [-0.3, -0.25) is 8.51 Å². The Hall–Kier alpha value is -1.39. The van der Waals surface area contributed by atoms with Gasteiger partial charge in [-0.1, -0.05) is 43.8 Å². The number of nitrogens with zero attached hydrogens (tertiary/aromatic N) is 1. The first-order valence-electron chi connectivity index (χ1n) is 6.85. The average molecular weight is 349 g/mol. The number of benzene rings is 1. The molecule has 0 aliphatic rings. The van der Waals surface area contributed by atoms with Gasteiger partial charge >= 0.3 is 0 Å². The number of rotatable bonds is 3. The molecule has 0 N–H and O–H groups in total. The molecular weight excluding hydrogens is 330 g/mol. The van der Waals surface area contributed by atoms with Crippen LogP contribution >= 0.6 is 11.3 Å². The molecule has 6 heteroatoms. The molecule has 0 radical (unpaired) electrons. The lowest BCUT2D eigenvalue weighted by Gasteiger charge is -2.26. The van der Waals surface area contributed by atoms with Crippen molar-refractivity contribution in [3.8, 4) is 11.5 Å². The molecule has 0 fully saturated rings. The van der Waals surface area contributed by atoms with Crippen molar-refractivity contribution in [3.05, 3.63) is 46.2 Å². The molecule has 3 nitrogen and oxygen atoms in total. The van der Waals surface area contributed by atoms with Gasteiger partial charge in [-0.05, 0) is 24.6 Å². The van der Waals surface area contributed by atoms with E-state index < -0.39 is 19.3 Å². The molecule has 0 aliphatic carbocycles. The van der Waals surface area contributed by atoms with E-state index in [9.17, 15) is 8.76 Å². The van der Waals surface area contributed by atoms with Crippen LogP contribution in [-0.2, 0) is 11.3 Å². The van der Waals surface area contributed by atoms with E-state index in [4.69, 9.17) is 0 Å². The molecule has 22 heavy (non-hydrogen) atoms. The molecule has 0 amide bonds. The molecule has 2 rings (SSSR count). The third-order valence-corrected chi connectivity index (χ3v) is 5.28. The standard InChI is InChI=1S/C16H19NO2S2Si/c1-13-7-5-6-8-16(13)17(21(18)19)14-11-15(20-12-14)9-10-22(2,3)4/h5-8,11-12H,1-4H3,(H,18,19)/p-1. The van der Waals surface area contributed by atoms with Gasteiger partial charge in [0.1, 0.15) is 8.07 Å². The summed E-state index contributed by atoms with van der Waals surface area (Å²) in [5.41, 5.74) is 5.50. The lowest BCUT2D eigenvalue weighted by molar-refractivity contribution is 0.537. The Morgan fingerprint density at radius 1 is 1.27 bits per heavy atom. The highest BCUT2D eigenvalue weighted by Gasteiger charge is 2.14. The Balaban J connectivity index is 2.39. The summed E-state index contributed by atoms with van der Waals surface area (Å²) >= 11 is -0.903. The van der Waals surface area contributed by atoms with E-state index in [0.717, 1.165) is 10.4 Å². The molecule has 0 aliphatic heterocycles. The number of para-hydroxylation sites is 1. The van der Waals surface area contributed by atoms with E-state index in [1.54, 1.807) is 6.07 Å². The van der Waals surface area contributed by atoms with Gasteiger partial charge in [0.2, 0.25) is 0 Å². The zero-order chi connectivity index (χ0) is 16.3. The van der Waals surface area contributed by atoms with E-state index in [0.29, 0.717) is 11.4 Å². The SMILES string of the molecule is Cc1ccccc1N(c1csc(C#C[Si](C)(C)C)c1)S(=O)[O-]. The molecule has 0 bridgehead atoms. The van der Waals surface area contributed by atoms with Crippen LogP contribution in [0.3, 0.4) is 0 Å². The van der Waals surface area contributed by atoms with Gasteiger partial charge in [-0.15, -0.1) is 16.9 Å². The second-order valence-electron chi connectivity index (χ2n) is 5.97. The maximum absolute atomic E-state index is 11.7. The quantitative estimate of drug-likeness (QED) is 0.473. The maximum atomic E-state index is 11.7. The van der Waals surface area contributed by atoms with Crippen LogP contribution in [0.4, 0.5) is 11.4 Å². The van der Waals surface area contributed by atoms with Gasteiger partial charge in [-0.25, -0.2) is 0 Å². The Morgan fingerprint density at radius 3 is 2.55 bits per heavy atom. The summed E-state index contributed by atoms with van der Waals surface area (Å²) < 4.78 is 24.7. The first-order valence-corrected chi connectivity index (χ1v) is 12.3. The molecule has 116 valence electrons. The highest BCUT2D eigenvalue weighted by molar-refractivity contribution is 7.81. The number of hydrogen-bond acceptors (Lipinski definition) is 3. The van der Waals surface area contributed by atoms with Gasteiger partial charge in [-0.2, -0.15) is 0 Å². The summed E-state index contributed by atoms with van der Waals surface area (Å²) in [7, 11) is -1.44. The molecule has 0 saturated carbocycles. The van der Waals surface area contributed by atoms with Crippen molar-refractivity contribution >= 4 is 42.1 Å². The topological polar surface area (TPSA) is 43.4 Å². The smallest absolute Gasteiger partial charge is 0.129 e. The summed E-state index contributed by atoms with van der Waals surface area (Å²) in [5, 5.41) is 1.83. The zero-order valence-electron chi connectivity index (χ0n) is 13.0. The molecule has 1 atom stereocenters. The van der Waals surface area contributed by atoms with Crippen LogP contribution < -0.4 is 4.31 Å². The lowest BCUT2D eigenvalue weighted by atomic mass is 10.2. The first kappa shape index (κ1) is 17.0. The summed E-state index contributed by atoms with van der Waals surface area (Å²) in [4.78, 5) is 0.890. The fourth-order valence-corrected chi connectivity index (χ4v) is 3.87. The van der Waals surface area contributed by atoms with Gasteiger partial charge < -0.3 is 4.55 Å². The summed E-state index contributed by atoms with van der Waals surface area (Å²) in [6.07, 6.45) is 0. The monoisotopic (exact) mass is 348 g/mol. The average Bonchev–Trinajstić information content (AvgIpc) is 2.86. The minimum absolute atomic E-state index is 0.632. The number of hydrogen-bond donors (Lipinski definition) is 0. The zero-order valence-corrected chi connectivity index (χ0v) is 15.7. The van der Waals surface area contributed by atoms with Crippen LogP contribution in [-0.4, -0.2) is 16.8 Å². The normalized spacial score (nSPS) is 12.4. The Bertz CT molecular complexity index is 753. The van der Waals surface area contributed by atoms with Crippen LogP contribution in [0, 0.1) is 18.4 Å². The highest BCUT2D eigenvalue weighted by atomic mass is 32.2. The minimum Gasteiger partial charge on any atom is -0.755 e. The van der Waals surface area contributed by atoms with Crippen LogP contribution in [0.5, 0.6) is 0 Å². The number of aryl methyl sites for hydroxylation is 1. The molecule has 2 aromatic rings. The predicted molar refractivity (Wildman–Crippen MR) is 96.8 cm³/mol. The molecule has 0 spiro atoms. The third-order valence-electron chi connectivity index (χ3n) is 2.86. The van der Waals surface area contributed by atoms with E-state index in [1.165, 1.54) is 15.6 Å². The lowest BCUT2D eigenvalue weighted by Crippen LogP contribution is -2.19. The van der Waals surface area contributed by atoms with Gasteiger partial charge in [0, 0.05) is 5.38 Å². The van der Waals surface area contributed by atoms with Crippen LogP contribution in [0.1, 0.15) is 10.4 Å². The van der Waals surface area contributed by atoms with E-state index in [2.05, 4.69) is 31.1 Å². The fraction of sp³-hybridized carbons (Fsp3) is 0.250. The Kier molecular flexibility index (Phi) is 5.24. The molecular formula is C16H18NO2S2Si-. The van der Waals surface area contributed by atoms with Crippen LogP contribution in [0.25, 0.3) is 0 Å². The van der Waals surface area contributed by atoms with Crippen molar-refractivity contribution in [2.75, 3.05) is 4.31 Å². The van der Waals surface area contributed by atoms with Crippen LogP contribution in [0.2, 0.25) is 19.6 Å². The molecule has 1 unspecified atom stereocenters. The summed E-state index contributed by atoms with van der Waals surface area (Å²) in [6, 6.07) is 9.26. The molecule has 1 heterocycles. The molecule has 1 aromatic heterocycles. The fourth-order valence-electron chi connectivity index (χ4n) is 1.84. The van der Waals surface area contributed by atoms with E-state index in [-0.39, 0.29) is 0 Å². The Labute approximate surface area is 139 Å². The minimum atomic E-state index is -2.37. The van der Waals surface area contributed by atoms with Gasteiger partial charge in [0.05, 0.1) is 27.5 Å². The second kappa shape index (κ2) is 6.80. The summed E-state index contributed by atoms with van der Waals surface area (Å²) in [6.45, 7) is 8.44. The summed E-state index contributed by atoms with van der Waals surface area (Å²) in [5.74, 6) is 3.17.